The summed E-state index contributed by atoms with van der Waals surface area (Å²) in [4.78, 5) is 20.2. The first-order valence-electron chi connectivity index (χ1n) is 4.06. The number of nitrogens with zero attached hydrogens (tertiary/aromatic N) is 2. The summed E-state index contributed by atoms with van der Waals surface area (Å²) in [5.74, 6) is -0.437. The molecule has 0 radical (unpaired) electrons. The van der Waals surface area contributed by atoms with Crippen LogP contribution in [0.3, 0.4) is 0 Å². The molecule has 0 saturated heterocycles. The molecule has 0 aliphatic rings. The van der Waals surface area contributed by atoms with Crippen LogP contribution in [0, 0.1) is 10.1 Å². The minimum atomic E-state index is -0.644. The SMILES string of the molecule is CC(=O)N/N=C(\C)c1ccc([N+](=O)[O-])o1. The van der Waals surface area contributed by atoms with E-state index >= 15 is 0 Å². The summed E-state index contributed by atoms with van der Waals surface area (Å²) in [6.45, 7) is 2.87. The minimum absolute atomic E-state index is 0.246. The molecule has 0 aliphatic carbocycles. The second kappa shape index (κ2) is 4.36. The van der Waals surface area contributed by atoms with Gasteiger partial charge in [0, 0.05) is 6.92 Å². The van der Waals surface area contributed by atoms with Crippen LogP contribution in [0.4, 0.5) is 5.88 Å². The summed E-state index contributed by atoms with van der Waals surface area (Å²) >= 11 is 0. The van der Waals surface area contributed by atoms with E-state index in [0.717, 1.165) is 0 Å². The Morgan fingerprint density at radius 1 is 1.53 bits per heavy atom. The molecule has 1 heterocycles. The molecular formula is C8H9N3O4. The van der Waals surface area contributed by atoms with Gasteiger partial charge in [0.2, 0.25) is 5.91 Å². The number of rotatable bonds is 3. The molecule has 1 amide bonds. The number of hydrogen-bond donors (Lipinski definition) is 1. The Kier molecular flexibility index (Phi) is 3.17. The Hall–Kier alpha value is -2.18. The maximum Gasteiger partial charge on any atom is 0.433 e. The van der Waals surface area contributed by atoms with Gasteiger partial charge in [-0.05, 0) is 13.0 Å². The maximum atomic E-state index is 10.5. The number of hydrogen-bond acceptors (Lipinski definition) is 5. The highest BCUT2D eigenvalue weighted by Crippen LogP contribution is 2.15. The lowest BCUT2D eigenvalue weighted by molar-refractivity contribution is -0.402. The number of hydrazone groups is 1. The van der Waals surface area contributed by atoms with E-state index in [2.05, 4.69) is 10.5 Å². The molecule has 0 bridgehead atoms. The molecule has 0 aromatic carbocycles. The van der Waals surface area contributed by atoms with Gasteiger partial charge in [0.15, 0.2) is 5.76 Å². The lowest BCUT2D eigenvalue weighted by Gasteiger charge is -1.95. The van der Waals surface area contributed by atoms with Crippen molar-refractivity contribution in [3.63, 3.8) is 0 Å². The second-order valence-corrected chi connectivity index (χ2v) is 2.76. The molecule has 1 N–H and O–H groups in total. The summed E-state index contributed by atoms with van der Waals surface area (Å²) in [6.07, 6.45) is 0. The zero-order valence-electron chi connectivity index (χ0n) is 8.18. The molecule has 15 heavy (non-hydrogen) atoms. The van der Waals surface area contributed by atoms with Crippen LogP contribution in [0.25, 0.3) is 0 Å². The number of nitro groups is 1. The van der Waals surface area contributed by atoms with Gasteiger partial charge in [0.1, 0.15) is 10.6 Å². The van der Waals surface area contributed by atoms with Crippen LogP contribution in [0.2, 0.25) is 0 Å². The van der Waals surface area contributed by atoms with Crippen molar-refractivity contribution in [3.05, 3.63) is 28.0 Å². The van der Waals surface area contributed by atoms with Gasteiger partial charge in [-0.15, -0.1) is 0 Å². The van der Waals surface area contributed by atoms with E-state index < -0.39 is 4.92 Å². The van der Waals surface area contributed by atoms with Crippen LogP contribution < -0.4 is 5.43 Å². The number of furan rings is 1. The Balaban J connectivity index is 2.82. The van der Waals surface area contributed by atoms with Crippen molar-refractivity contribution in [1.82, 2.24) is 5.43 Å². The molecule has 0 atom stereocenters. The van der Waals surface area contributed by atoms with Gasteiger partial charge >= 0.3 is 5.88 Å². The van der Waals surface area contributed by atoms with Gasteiger partial charge in [-0.25, -0.2) is 5.43 Å². The minimum Gasteiger partial charge on any atom is -0.399 e. The van der Waals surface area contributed by atoms with Crippen LogP contribution in [0.1, 0.15) is 19.6 Å². The van der Waals surface area contributed by atoms with Crippen molar-refractivity contribution in [2.24, 2.45) is 5.10 Å². The van der Waals surface area contributed by atoms with E-state index in [-0.39, 0.29) is 17.6 Å². The van der Waals surface area contributed by atoms with Crippen molar-refractivity contribution >= 4 is 17.5 Å². The van der Waals surface area contributed by atoms with Crippen LogP contribution in [-0.4, -0.2) is 16.5 Å². The van der Waals surface area contributed by atoms with Gasteiger partial charge in [-0.1, -0.05) is 0 Å². The topological polar surface area (TPSA) is 97.7 Å². The Morgan fingerprint density at radius 3 is 2.67 bits per heavy atom. The third-order valence-electron chi connectivity index (χ3n) is 1.51. The molecule has 0 saturated carbocycles. The van der Waals surface area contributed by atoms with Crippen LogP contribution in [-0.2, 0) is 4.79 Å². The van der Waals surface area contributed by atoms with Crippen molar-refractivity contribution in [1.29, 1.82) is 0 Å². The third-order valence-corrected chi connectivity index (χ3v) is 1.51. The van der Waals surface area contributed by atoms with E-state index in [1.807, 2.05) is 0 Å². The largest absolute Gasteiger partial charge is 0.433 e. The van der Waals surface area contributed by atoms with E-state index in [9.17, 15) is 14.9 Å². The first-order chi connectivity index (χ1) is 7.00. The molecule has 7 heteroatoms. The summed E-state index contributed by atoms with van der Waals surface area (Å²) < 4.78 is 4.86. The number of amides is 1. The first kappa shape index (κ1) is 10.9. The second-order valence-electron chi connectivity index (χ2n) is 2.76. The standard InChI is InChI=1S/C8H9N3O4/c1-5(9-10-6(2)12)7-3-4-8(15-7)11(13)14/h3-4H,1-2H3,(H,10,12)/b9-5+. The highest BCUT2D eigenvalue weighted by atomic mass is 16.6. The van der Waals surface area contributed by atoms with Crippen molar-refractivity contribution in [3.8, 4) is 0 Å². The molecule has 0 unspecified atom stereocenters. The van der Waals surface area contributed by atoms with E-state index in [1.54, 1.807) is 6.92 Å². The van der Waals surface area contributed by atoms with Crippen LogP contribution in [0.15, 0.2) is 21.7 Å². The fourth-order valence-corrected chi connectivity index (χ4v) is 0.838. The number of carbonyl (C=O) groups excluding carboxylic acids is 1. The molecule has 80 valence electrons. The summed E-state index contributed by atoms with van der Waals surface area (Å²) in [6, 6.07) is 2.64. The lowest BCUT2D eigenvalue weighted by Crippen LogP contribution is -2.14. The normalized spacial score (nSPS) is 11.2. The van der Waals surface area contributed by atoms with Gasteiger partial charge < -0.3 is 4.42 Å². The van der Waals surface area contributed by atoms with Crippen LogP contribution >= 0.6 is 0 Å². The number of nitrogens with one attached hydrogen (secondary N) is 1. The molecule has 7 nitrogen and oxygen atoms in total. The predicted molar refractivity (Wildman–Crippen MR) is 51.4 cm³/mol. The molecule has 1 aromatic heterocycles. The highest BCUT2D eigenvalue weighted by Gasteiger charge is 2.13. The average molecular weight is 211 g/mol. The summed E-state index contributed by atoms with van der Waals surface area (Å²) in [7, 11) is 0. The molecule has 0 aliphatic heterocycles. The van der Waals surface area contributed by atoms with Gasteiger partial charge in [-0.3, -0.25) is 14.9 Å². The Morgan fingerprint density at radius 2 is 2.20 bits per heavy atom. The Bertz CT molecular complexity index is 421. The van der Waals surface area contributed by atoms with E-state index in [0.29, 0.717) is 5.71 Å². The predicted octanol–water partition coefficient (Wildman–Crippen LogP) is 1.05. The number of carbonyl (C=O) groups is 1. The smallest absolute Gasteiger partial charge is 0.399 e. The molecule has 1 rings (SSSR count). The summed E-state index contributed by atoms with van der Waals surface area (Å²) in [5.41, 5.74) is 2.56. The monoisotopic (exact) mass is 211 g/mol. The van der Waals surface area contributed by atoms with E-state index in [4.69, 9.17) is 4.42 Å². The molecule has 1 aromatic rings. The zero-order chi connectivity index (χ0) is 11.4. The quantitative estimate of drug-likeness (QED) is 0.459. The molecule has 0 spiro atoms. The van der Waals surface area contributed by atoms with Crippen LogP contribution in [0.5, 0.6) is 0 Å². The van der Waals surface area contributed by atoms with Gasteiger partial charge in [-0.2, -0.15) is 5.10 Å². The lowest BCUT2D eigenvalue weighted by atomic mass is 10.3. The average Bonchev–Trinajstić information content (AvgIpc) is 2.62. The molecule has 0 fully saturated rings. The zero-order valence-corrected chi connectivity index (χ0v) is 8.18. The maximum absolute atomic E-state index is 10.5. The van der Waals surface area contributed by atoms with Gasteiger partial charge in [0.05, 0.1) is 6.07 Å². The summed E-state index contributed by atoms with van der Waals surface area (Å²) in [5, 5.41) is 14.0. The first-order valence-corrected chi connectivity index (χ1v) is 4.06. The highest BCUT2D eigenvalue weighted by molar-refractivity contribution is 5.96. The van der Waals surface area contributed by atoms with E-state index in [1.165, 1.54) is 19.1 Å². The van der Waals surface area contributed by atoms with Crippen molar-refractivity contribution in [2.45, 2.75) is 13.8 Å². The fourth-order valence-electron chi connectivity index (χ4n) is 0.838. The fraction of sp³-hybridized carbons (Fsp3) is 0.250. The molecular weight excluding hydrogens is 202 g/mol. The van der Waals surface area contributed by atoms with Gasteiger partial charge in [0.25, 0.3) is 0 Å². The third kappa shape index (κ3) is 2.90. The Labute approximate surface area is 84.9 Å². The van der Waals surface area contributed by atoms with Crippen molar-refractivity contribution < 1.29 is 14.1 Å². The van der Waals surface area contributed by atoms with Crippen molar-refractivity contribution in [2.75, 3.05) is 0 Å².